The third-order valence-corrected chi connectivity index (χ3v) is 1.58. The van der Waals surface area contributed by atoms with Crippen LogP contribution in [0.1, 0.15) is 20.3 Å². The number of carboxylic acid groups (broad SMARTS) is 1. The number of rotatable bonds is 5. The Hall–Kier alpha value is -1.10. The van der Waals surface area contributed by atoms with Gasteiger partial charge in [-0.1, -0.05) is 0 Å². The molecule has 0 aliphatic carbocycles. The molecule has 0 aromatic carbocycles. The van der Waals surface area contributed by atoms with E-state index in [1.807, 2.05) is 0 Å². The van der Waals surface area contributed by atoms with Gasteiger partial charge in [-0.25, -0.2) is 0 Å². The van der Waals surface area contributed by atoms with E-state index in [0.29, 0.717) is 0 Å². The lowest BCUT2D eigenvalue weighted by molar-refractivity contribution is -0.138. The smallest absolute Gasteiger partial charge is 0.322 e. The maximum Gasteiger partial charge on any atom is 0.322 e. The number of hydrogen-bond donors (Lipinski definition) is 2. The second-order valence-electron chi connectivity index (χ2n) is 3.31. The lowest BCUT2D eigenvalue weighted by atomic mass is 10.1. The van der Waals surface area contributed by atoms with Crippen molar-refractivity contribution in [1.82, 2.24) is 5.32 Å². The van der Waals surface area contributed by atoms with Crippen molar-refractivity contribution in [2.45, 2.75) is 25.9 Å². The van der Waals surface area contributed by atoms with E-state index < -0.39 is 11.6 Å². The monoisotopic (exact) mass is 189 g/mol. The molecule has 0 saturated heterocycles. The Balaban J connectivity index is 3.81. The predicted molar refractivity (Wildman–Crippen MR) is 46.4 cm³/mol. The van der Waals surface area contributed by atoms with Crippen LogP contribution in [-0.2, 0) is 14.3 Å². The summed E-state index contributed by atoms with van der Waals surface area (Å²) in [6.45, 7) is 3.17. The average molecular weight is 189 g/mol. The molecule has 0 heterocycles. The van der Waals surface area contributed by atoms with E-state index in [4.69, 9.17) is 9.84 Å². The lowest BCUT2D eigenvalue weighted by Crippen LogP contribution is -2.36. The molecule has 0 saturated carbocycles. The van der Waals surface area contributed by atoms with E-state index >= 15 is 0 Å². The zero-order valence-corrected chi connectivity index (χ0v) is 8.09. The van der Waals surface area contributed by atoms with Crippen molar-refractivity contribution in [1.29, 1.82) is 0 Å². The summed E-state index contributed by atoms with van der Waals surface area (Å²) in [5.41, 5.74) is -0.553. The van der Waals surface area contributed by atoms with Crippen molar-refractivity contribution in [3.05, 3.63) is 0 Å². The summed E-state index contributed by atoms with van der Waals surface area (Å²) in [4.78, 5) is 21.2. The Labute approximate surface area is 77.1 Å². The molecule has 5 nitrogen and oxygen atoms in total. The molecule has 0 aliphatic heterocycles. The molecule has 0 rings (SSSR count). The number of hydrogen-bond acceptors (Lipinski definition) is 3. The van der Waals surface area contributed by atoms with Gasteiger partial charge >= 0.3 is 5.97 Å². The second-order valence-corrected chi connectivity index (χ2v) is 3.31. The highest BCUT2D eigenvalue weighted by Crippen LogP contribution is 2.11. The minimum atomic E-state index is -1.05. The van der Waals surface area contributed by atoms with Crippen LogP contribution < -0.4 is 5.32 Å². The third-order valence-electron chi connectivity index (χ3n) is 1.58. The van der Waals surface area contributed by atoms with Crippen molar-refractivity contribution in [2.75, 3.05) is 13.7 Å². The van der Waals surface area contributed by atoms with Crippen LogP contribution in [0.15, 0.2) is 0 Å². The fraction of sp³-hybridized carbons (Fsp3) is 0.750. The highest BCUT2D eigenvalue weighted by molar-refractivity contribution is 5.81. The summed E-state index contributed by atoms with van der Waals surface area (Å²) in [7, 11) is 1.50. The van der Waals surface area contributed by atoms with Crippen molar-refractivity contribution < 1.29 is 19.4 Å². The molecule has 0 radical (unpaired) electrons. The molecular formula is C8H15NO4. The van der Waals surface area contributed by atoms with Gasteiger partial charge in [-0.15, -0.1) is 0 Å². The largest absolute Gasteiger partial charge is 0.480 e. The number of methoxy groups -OCH3 is 1. The number of carbonyl (C=O) groups excluding carboxylic acids is 1. The van der Waals surface area contributed by atoms with Crippen LogP contribution in [0, 0.1) is 0 Å². The van der Waals surface area contributed by atoms with E-state index in [1.54, 1.807) is 13.8 Å². The maximum atomic E-state index is 11.1. The van der Waals surface area contributed by atoms with Crippen LogP contribution in [0.25, 0.3) is 0 Å². The Morgan fingerprint density at radius 3 is 2.38 bits per heavy atom. The number of carbonyl (C=O) groups is 2. The molecule has 5 heteroatoms. The molecule has 0 aromatic heterocycles. The fourth-order valence-corrected chi connectivity index (χ4v) is 0.696. The zero-order chi connectivity index (χ0) is 10.5. The normalized spacial score (nSPS) is 11.0. The molecule has 76 valence electrons. The van der Waals surface area contributed by atoms with Crippen molar-refractivity contribution in [2.24, 2.45) is 0 Å². The van der Waals surface area contributed by atoms with E-state index in [1.165, 1.54) is 7.11 Å². The van der Waals surface area contributed by atoms with Gasteiger partial charge in [0.05, 0.1) is 12.0 Å². The molecule has 0 atom stereocenters. The third kappa shape index (κ3) is 6.10. The summed E-state index contributed by atoms with van der Waals surface area (Å²) < 4.78 is 5.01. The summed E-state index contributed by atoms with van der Waals surface area (Å²) in [6, 6.07) is 0. The van der Waals surface area contributed by atoms with Gasteiger partial charge < -0.3 is 15.2 Å². The van der Waals surface area contributed by atoms with Gasteiger partial charge in [-0.05, 0) is 13.8 Å². The van der Waals surface area contributed by atoms with Crippen molar-refractivity contribution >= 4 is 11.9 Å². The maximum absolute atomic E-state index is 11.1. The first kappa shape index (κ1) is 11.9. The minimum Gasteiger partial charge on any atom is -0.480 e. The number of ether oxygens (including phenoxy) is 1. The summed E-state index contributed by atoms with van der Waals surface area (Å²) in [5, 5.41) is 10.5. The second kappa shape index (κ2) is 4.81. The van der Waals surface area contributed by atoms with Crippen molar-refractivity contribution in [3.8, 4) is 0 Å². The summed E-state index contributed by atoms with van der Waals surface area (Å²) in [5.74, 6) is -1.38. The van der Waals surface area contributed by atoms with Gasteiger partial charge in [-0.2, -0.15) is 0 Å². The lowest BCUT2D eigenvalue weighted by Gasteiger charge is -2.21. The standard InChI is InChI=1S/C8H15NO4/c1-8(2,13-3)4-6(10)9-5-7(11)12/h4-5H2,1-3H3,(H,9,10)(H,11,12). The van der Waals surface area contributed by atoms with Gasteiger partial charge in [0.15, 0.2) is 0 Å². The van der Waals surface area contributed by atoms with E-state index in [2.05, 4.69) is 5.32 Å². The number of aliphatic carboxylic acids is 1. The topological polar surface area (TPSA) is 75.6 Å². The number of carboxylic acids is 1. The van der Waals surface area contributed by atoms with Crippen LogP contribution in [-0.4, -0.2) is 36.2 Å². The molecule has 0 aliphatic rings. The molecule has 0 aromatic rings. The molecule has 0 fully saturated rings. The molecule has 1 amide bonds. The van der Waals surface area contributed by atoms with Crippen molar-refractivity contribution in [3.63, 3.8) is 0 Å². The van der Waals surface area contributed by atoms with Crippen LogP contribution in [0.2, 0.25) is 0 Å². The summed E-state index contributed by atoms with van der Waals surface area (Å²) in [6.07, 6.45) is 0.150. The van der Waals surface area contributed by atoms with Crippen LogP contribution in [0.3, 0.4) is 0 Å². The molecular weight excluding hydrogens is 174 g/mol. The Bertz CT molecular complexity index is 200. The molecule has 0 unspecified atom stereocenters. The van der Waals surface area contributed by atoms with E-state index in [0.717, 1.165) is 0 Å². The minimum absolute atomic E-state index is 0.150. The Morgan fingerprint density at radius 2 is 2.00 bits per heavy atom. The van der Waals surface area contributed by atoms with Gasteiger partial charge in [0.2, 0.25) is 5.91 Å². The first-order valence-electron chi connectivity index (χ1n) is 3.91. The molecule has 0 bridgehead atoms. The first-order valence-corrected chi connectivity index (χ1v) is 3.91. The molecule has 0 spiro atoms. The highest BCUT2D eigenvalue weighted by atomic mass is 16.5. The quantitative estimate of drug-likeness (QED) is 0.638. The molecule has 2 N–H and O–H groups in total. The predicted octanol–water partition coefficient (Wildman–Crippen LogP) is 0.00230. The molecule has 13 heavy (non-hydrogen) atoms. The Kier molecular flexibility index (Phi) is 4.40. The van der Waals surface area contributed by atoms with Crippen LogP contribution >= 0.6 is 0 Å². The fourth-order valence-electron chi connectivity index (χ4n) is 0.696. The number of amides is 1. The zero-order valence-electron chi connectivity index (χ0n) is 8.09. The Morgan fingerprint density at radius 1 is 1.46 bits per heavy atom. The van der Waals surface area contributed by atoms with Gasteiger partial charge in [0, 0.05) is 7.11 Å². The van der Waals surface area contributed by atoms with E-state index in [-0.39, 0.29) is 18.9 Å². The SMILES string of the molecule is COC(C)(C)CC(=O)NCC(=O)O. The van der Waals surface area contributed by atoms with Crippen LogP contribution in [0.4, 0.5) is 0 Å². The van der Waals surface area contributed by atoms with Crippen LogP contribution in [0.5, 0.6) is 0 Å². The van der Waals surface area contributed by atoms with Gasteiger partial charge in [0.25, 0.3) is 0 Å². The average Bonchev–Trinajstić information content (AvgIpc) is 2.00. The summed E-state index contributed by atoms with van der Waals surface area (Å²) >= 11 is 0. The first-order chi connectivity index (χ1) is 5.87. The van der Waals surface area contributed by atoms with E-state index in [9.17, 15) is 9.59 Å². The highest BCUT2D eigenvalue weighted by Gasteiger charge is 2.20. The van der Waals surface area contributed by atoms with Gasteiger partial charge in [-0.3, -0.25) is 9.59 Å². The number of nitrogens with one attached hydrogen (secondary N) is 1. The van der Waals surface area contributed by atoms with Gasteiger partial charge in [0.1, 0.15) is 6.54 Å².